The second-order valence-corrected chi connectivity index (χ2v) is 4.62. The highest BCUT2D eigenvalue weighted by Gasteiger charge is 2.05. The van der Waals surface area contributed by atoms with Crippen molar-refractivity contribution in [2.75, 3.05) is 0 Å². The molecule has 0 bridgehead atoms. The largest absolute Gasteiger partial charge is 0.456 e. The maximum Gasteiger partial charge on any atom is 0.141 e. The molecule has 0 amide bonds. The van der Waals surface area contributed by atoms with Crippen LogP contribution in [0.1, 0.15) is 11.1 Å². The molecule has 0 N–H and O–H groups in total. The lowest BCUT2D eigenvalue weighted by Crippen LogP contribution is -1.89. The van der Waals surface area contributed by atoms with Gasteiger partial charge >= 0.3 is 0 Å². The standard InChI is InChI=1S/C14H9BrFNO/c1-9-6-11(3-4-13(9)16)18-14-5-2-10(8-17)7-12(14)15/h2-7H,1H3. The average Bonchev–Trinajstić information content (AvgIpc) is 2.36. The van der Waals surface area contributed by atoms with Crippen molar-refractivity contribution >= 4 is 15.9 Å². The number of nitrogens with zero attached hydrogens (tertiary/aromatic N) is 1. The summed E-state index contributed by atoms with van der Waals surface area (Å²) < 4.78 is 19.4. The van der Waals surface area contributed by atoms with Gasteiger partial charge in [0.25, 0.3) is 0 Å². The van der Waals surface area contributed by atoms with E-state index in [2.05, 4.69) is 15.9 Å². The normalized spacial score (nSPS) is 9.89. The molecule has 0 aliphatic carbocycles. The van der Waals surface area contributed by atoms with E-state index in [4.69, 9.17) is 10.00 Å². The molecule has 0 spiro atoms. The van der Waals surface area contributed by atoms with E-state index >= 15 is 0 Å². The van der Waals surface area contributed by atoms with Crippen LogP contribution < -0.4 is 4.74 Å². The van der Waals surface area contributed by atoms with E-state index in [-0.39, 0.29) is 5.82 Å². The third kappa shape index (κ3) is 2.69. The molecular weight excluding hydrogens is 297 g/mol. The maximum atomic E-state index is 13.1. The highest BCUT2D eigenvalue weighted by molar-refractivity contribution is 9.10. The van der Waals surface area contributed by atoms with Crippen LogP contribution in [0.4, 0.5) is 4.39 Å². The summed E-state index contributed by atoms with van der Waals surface area (Å²) in [6.45, 7) is 1.68. The van der Waals surface area contributed by atoms with E-state index in [1.54, 1.807) is 37.3 Å². The Bertz CT molecular complexity index is 634. The van der Waals surface area contributed by atoms with Crippen LogP contribution in [-0.2, 0) is 0 Å². The van der Waals surface area contributed by atoms with Crippen molar-refractivity contribution in [3.8, 4) is 17.6 Å². The van der Waals surface area contributed by atoms with Crippen LogP contribution in [0, 0.1) is 24.1 Å². The van der Waals surface area contributed by atoms with Crippen molar-refractivity contribution in [3.63, 3.8) is 0 Å². The highest BCUT2D eigenvalue weighted by atomic mass is 79.9. The Labute approximate surface area is 113 Å². The van der Waals surface area contributed by atoms with Crippen LogP contribution in [0.25, 0.3) is 0 Å². The Hall–Kier alpha value is -1.86. The lowest BCUT2D eigenvalue weighted by Gasteiger charge is -2.08. The molecule has 0 fully saturated rings. The van der Waals surface area contributed by atoms with Crippen LogP contribution >= 0.6 is 15.9 Å². The minimum atomic E-state index is -0.263. The van der Waals surface area contributed by atoms with Gasteiger partial charge in [0.05, 0.1) is 16.1 Å². The fourth-order valence-corrected chi connectivity index (χ4v) is 1.92. The first-order valence-corrected chi connectivity index (χ1v) is 6.03. The second kappa shape index (κ2) is 5.19. The first kappa shape index (κ1) is 12.6. The molecule has 0 saturated carbocycles. The number of halogens is 2. The van der Waals surface area contributed by atoms with Gasteiger partial charge in [-0.1, -0.05) is 0 Å². The van der Waals surface area contributed by atoms with E-state index in [1.165, 1.54) is 6.07 Å². The van der Waals surface area contributed by atoms with Crippen LogP contribution in [0.5, 0.6) is 11.5 Å². The van der Waals surface area contributed by atoms with Gasteiger partial charge in [-0.15, -0.1) is 0 Å². The predicted octanol–water partition coefficient (Wildman–Crippen LogP) is 4.56. The van der Waals surface area contributed by atoms with Gasteiger partial charge in [-0.25, -0.2) is 4.39 Å². The minimum absolute atomic E-state index is 0.263. The van der Waals surface area contributed by atoms with Crippen molar-refractivity contribution in [1.82, 2.24) is 0 Å². The van der Waals surface area contributed by atoms with Gasteiger partial charge in [-0.05, 0) is 64.8 Å². The Morgan fingerprint density at radius 2 is 2.00 bits per heavy atom. The zero-order valence-corrected chi connectivity index (χ0v) is 11.2. The van der Waals surface area contributed by atoms with Crippen molar-refractivity contribution in [3.05, 3.63) is 57.8 Å². The van der Waals surface area contributed by atoms with Crippen LogP contribution in [0.2, 0.25) is 0 Å². The van der Waals surface area contributed by atoms with Gasteiger partial charge in [-0.2, -0.15) is 5.26 Å². The summed E-state index contributed by atoms with van der Waals surface area (Å²) in [7, 11) is 0. The second-order valence-electron chi connectivity index (χ2n) is 3.77. The molecule has 0 aliphatic rings. The Morgan fingerprint density at radius 1 is 1.22 bits per heavy atom. The number of rotatable bonds is 2. The predicted molar refractivity (Wildman–Crippen MR) is 70.1 cm³/mol. The molecule has 0 aliphatic heterocycles. The van der Waals surface area contributed by atoms with Crippen molar-refractivity contribution < 1.29 is 9.13 Å². The molecule has 0 unspecified atom stereocenters. The molecule has 2 aromatic rings. The third-order valence-corrected chi connectivity index (χ3v) is 3.04. The number of aryl methyl sites for hydroxylation is 1. The summed E-state index contributed by atoms with van der Waals surface area (Å²) in [4.78, 5) is 0. The van der Waals surface area contributed by atoms with Crippen molar-refractivity contribution in [2.45, 2.75) is 6.92 Å². The highest BCUT2D eigenvalue weighted by Crippen LogP contribution is 2.31. The average molecular weight is 306 g/mol. The summed E-state index contributed by atoms with van der Waals surface area (Å²) in [5.74, 6) is 0.876. The summed E-state index contributed by atoms with van der Waals surface area (Å²) in [6, 6.07) is 11.6. The van der Waals surface area contributed by atoms with E-state index in [1.807, 2.05) is 6.07 Å². The lowest BCUT2D eigenvalue weighted by molar-refractivity contribution is 0.476. The number of nitriles is 1. The molecule has 0 saturated heterocycles. The van der Waals surface area contributed by atoms with E-state index in [0.29, 0.717) is 27.1 Å². The fourth-order valence-electron chi connectivity index (χ4n) is 1.46. The van der Waals surface area contributed by atoms with E-state index in [0.717, 1.165) is 0 Å². The quantitative estimate of drug-likeness (QED) is 0.815. The van der Waals surface area contributed by atoms with Gasteiger partial charge < -0.3 is 4.74 Å². The van der Waals surface area contributed by atoms with Crippen LogP contribution in [0.3, 0.4) is 0 Å². The minimum Gasteiger partial charge on any atom is -0.456 e. The van der Waals surface area contributed by atoms with Gasteiger partial charge in [-0.3, -0.25) is 0 Å². The summed E-state index contributed by atoms with van der Waals surface area (Å²) in [6.07, 6.45) is 0. The first-order valence-electron chi connectivity index (χ1n) is 5.24. The summed E-state index contributed by atoms with van der Waals surface area (Å²) in [5.41, 5.74) is 1.07. The van der Waals surface area contributed by atoms with Gasteiger partial charge in [0.1, 0.15) is 17.3 Å². The van der Waals surface area contributed by atoms with Crippen molar-refractivity contribution in [2.24, 2.45) is 0 Å². The SMILES string of the molecule is Cc1cc(Oc2ccc(C#N)cc2Br)ccc1F. The maximum absolute atomic E-state index is 13.1. The van der Waals surface area contributed by atoms with Gasteiger partial charge in [0.15, 0.2) is 0 Å². The smallest absolute Gasteiger partial charge is 0.141 e. The number of hydrogen-bond donors (Lipinski definition) is 0. The first-order chi connectivity index (χ1) is 8.60. The molecular formula is C14H9BrFNO. The molecule has 2 nitrogen and oxygen atoms in total. The topological polar surface area (TPSA) is 33.0 Å². The lowest BCUT2D eigenvalue weighted by atomic mass is 10.2. The number of hydrogen-bond acceptors (Lipinski definition) is 2. The van der Waals surface area contributed by atoms with Gasteiger partial charge in [0, 0.05) is 0 Å². The molecule has 4 heteroatoms. The summed E-state index contributed by atoms with van der Waals surface area (Å²) >= 11 is 3.33. The molecule has 0 atom stereocenters. The van der Waals surface area contributed by atoms with E-state index in [9.17, 15) is 4.39 Å². The van der Waals surface area contributed by atoms with Gasteiger partial charge in [0.2, 0.25) is 0 Å². The number of ether oxygens (including phenoxy) is 1. The van der Waals surface area contributed by atoms with Crippen molar-refractivity contribution in [1.29, 1.82) is 5.26 Å². The molecule has 2 rings (SSSR count). The fraction of sp³-hybridized carbons (Fsp3) is 0.0714. The summed E-state index contributed by atoms with van der Waals surface area (Å²) in [5, 5.41) is 8.76. The Balaban J connectivity index is 2.29. The Morgan fingerprint density at radius 3 is 2.61 bits per heavy atom. The molecule has 2 aromatic carbocycles. The van der Waals surface area contributed by atoms with Crippen LogP contribution in [0.15, 0.2) is 40.9 Å². The molecule has 0 heterocycles. The molecule has 90 valence electrons. The molecule has 0 radical (unpaired) electrons. The number of benzene rings is 2. The zero-order valence-electron chi connectivity index (χ0n) is 9.58. The zero-order chi connectivity index (χ0) is 13.1. The third-order valence-electron chi connectivity index (χ3n) is 2.42. The molecule has 18 heavy (non-hydrogen) atoms. The van der Waals surface area contributed by atoms with Crippen LogP contribution in [-0.4, -0.2) is 0 Å². The molecule has 0 aromatic heterocycles. The Kier molecular flexibility index (Phi) is 3.63. The van der Waals surface area contributed by atoms with E-state index < -0.39 is 0 Å². The monoisotopic (exact) mass is 305 g/mol.